The molecule has 1 unspecified atom stereocenters. The van der Waals surface area contributed by atoms with Gasteiger partial charge in [0.25, 0.3) is 5.91 Å². The molecule has 1 heterocycles. The molecular formula is C12H12ClN3O2. The molecule has 0 saturated heterocycles. The van der Waals surface area contributed by atoms with Crippen molar-refractivity contribution in [2.24, 2.45) is 0 Å². The van der Waals surface area contributed by atoms with E-state index >= 15 is 0 Å². The van der Waals surface area contributed by atoms with Crippen LogP contribution in [-0.4, -0.2) is 27.5 Å². The lowest BCUT2D eigenvalue weighted by Gasteiger charge is -2.11. The number of carbonyl (C=O) groups excluding carboxylic acids is 1. The summed E-state index contributed by atoms with van der Waals surface area (Å²) in [6, 6.07) is 6.82. The van der Waals surface area contributed by atoms with Crippen LogP contribution in [0, 0.1) is 0 Å². The fourth-order valence-electron chi connectivity index (χ4n) is 1.47. The number of nitrogens with zero attached hydrogens (tertiary/aromatic N) is 1. The third kappa shape index (κ3) is 3.09. The summed E-state index contributed by atoms with van der Waals surface area (Å²) >= 11 is 5.75. The van der Waals surface area contributed by atoms with Gasteiger partial charge in [-0.25, -0.2) is 4.98 Å². The van der Waals surface area contributed by atoms with E-state index in [1.165, 1.54) is 12.5 Å². The molecule has 1 atom stereocenters. The molecule has 0 aliphatic rings. The smallest absolute Gasteiger partial charge is 0.269 e. The van der Waals surface area contributed by atoms with Crippen molar-refractivity contribution in [3.8, 4) is 0 Å². The maximum Gasteiger partial charge on any atom is 0.269 e. The molecule has 1 aromatic carbocycles. The minimum atomic E-state index is -0.769. The van der Waals surface area contributed by atoms with Crippen LogP contribution in [0.25, 0.3) is 0 Å². The van der Waals surface area contributed by atoms with Crippen molar-refractivity contribution in [3.63, 3.8) is 0 Å². The van der Waals surface area contributed by atoms with Gasteiger partial charge in [-0.1, -0.05) is 23.7 Å². The number of amides is 1. The zero-order chi connectivity index (χ0) is 13.0. The standard InChI is InChI=1S/C12H12ClN3O2/c13-9-3-1-8(2-4-9)11(17)6-15-12(18)10-5-14-7-16-10/h1-5,7,11,17H,6H2,(H,14,16)(H,15,18). The van der Waals surface area contributed by atoms with Crippen LogP contribution in [0.15, 0.2) is 36.8 Å². The average Bonchev–Trinajstić information content (AvgIpc) is 2.90. The Morgan fingerprint density at radius 3 is 2.78 bits per heavy atom. The van der Waals surface area contributed by atoms with Gasteiger partial charge in [0.1, 0.15) is 5.69 Å². The number of nitrogens with one attached hydrogen (secondary N) is 2. The fraction of sp³-hybridized carbons (Fsp3) is 0.167. The molecule has 1 aromatic heterocycles. The average molecular weight is 266 g/mol. The van der Waals surface area contributed by atoms with E-state index in [-0.39, 0.29) is 12.5 Å². The van der Waals surface area contributed by atoms with Gasteiger partial charge in [0.15, 0.2) is 0 Å². The van der Waals surface area contributed by atoms with Gasteiger partial charge in [-0.15, -0.1) is 0 Å². The number of aliphatic hydroxyl groups excluding tert-OH is 1. The van der Waals surface area contributed by atoms with Crippen LogP contribution in [0.4, 0.5) is 0 Å². The minimum absolute atomic E-state index is 0.124. The molecule has 2 aromatic rings. The van der Waals surface area contributed by atoms with Crippen LogP contribution >= 0.6 is 11.6 Å². The summed E-state index contributed by atoms with van der Waals surface area (Å²) < 4.78 is 0. The molecule has 94 valence electrons. The molecule has 0 aliphatic carbocycles. The molecule has 0 fully saturated rings. The number of hydrogen-bond donors (Lipinski definition) is 3. The first-order valence-electron chi connectivity index (χ1n) is 5.37. The van der Waals surface area contributed by atoms with E-state index in [4.69, 9.17) is 11.6 Å². The molecule has 2 rings (SSSR count). The predicted octanol–water partition coefficient (Wildman–Crippen LogP) is 1.53. The summed E-state index contributed by atoms with van der Waals surface area (Å²) in [5.41, 5.74) is 1.06. The highest BCUT2D eigenvalue weighted by molar-refractivity contribution is 6.30. The lowest BCUT2D eigenvalue weighted by atomic mass is 10.1. The minimum Gasteiger partial charge on any atom is -0.387 e. The third-order valence-corrected chi connectivity index (χ3v) is 2.71. The van der Waals surface area contributed by atoms with Gasteiger partial charge >= 0.3 is 0 Å². The van der Waals surface area contributed by atoms with E-state index in [1.807, 2.05) is 0 Å². The molecule has 5 nitrogen and oxygen atoms in total. The summed E-state index contributed by atoms with van der Waals surface area (Å²) in [6.45, 7) is 0.124. The van der Waals surface area contributed by atoms with Gasteiger partial charge in [0.2, 0.25) is 0 Å². The number of rotatable bonds is 4. The highest BCUT2D eigenvalue weighted by atomic mass is 35.5. The van der Waals surface area contributed by atoms with Crippen LogP contribution < -0.4 is 5.32 Å². The first-order chi connectivity index (χ1) is 8.66. The van der Waals surface area contributed by atoms with Crippen molar-refractivity contribution in [3.05, 3.63) is 53.1 Å². The Balaban J connectivity index is 1.90. The molecule has 0 spiro atoms. The molecule has 18 heavy (non-hydrogen) atoms. The molecule has 0 bridgehead atoms. The van der Waals surface area contributed by atoms with E-state index in [9.17, 15) is 9.90 Å². The van der Waals surface area contributed by atoms with Crippen LogP contribution in [0.5, 0.6) is 0 Å². The Morgan fingerprint density at radius 2 is 2.17 bits per heavy atom. The molecule has 1 amide bonds. The normalized spacial score (nSPS) is 12.1. The zero-order valence-electron chi connectivity index (χ0n) is 9.43. The SMILES string of the molecule is O=C(NCC(O)c1ccc(Cl)cc1)c1cnc[nH]1. The molecular weight excluding hydrogens is 254 g/mol. The van der Waals surface area contributed by atoms with Crippen molar-refractivity contribution in [2.45, 2.75) is 6.10 Å². The van der Waals surface area contributed by atoms with E-state index in [2.05, 4.69) is 15.3 Å². The maximum atomic E-state index is 11.6. The monoisotopic (exact) mass is 265 g/mol. The van der Waals surface area contributed by atoms with Crippen LogP contribution in [0.2, 0.25) is 5.02 Å². The van der Waals surface area contributed by atoms with Gasteiger partial charge in [-0.2, -0.15) is 0 Å². The highest BCUT2D eigenvalue weighted by Gasteiger charge is 2.11. The third-order valence-electron chi connectivity index (χ3n) is 2.45. The first kappa shape index (κ1) is 12.6. The Kier molecular flexibility index (Phi) is 3.96. The summed E-state index contributed by atoms with van der Waals surface area (Å²) in [6.07, 6.45) is 2.07. The second kappa shape index (κ2) is 5.66. The lowest BCUT2D eigenvalue weighted by Crippen LogP contribution is -2.28. The number of halogens is 1. The number of aromatic amines is 1. The number of carbonyl (C=O) groups is 1. The summed E-state index contributed by atoms with van der Waals surface area (Å²) in [5, 5.41) is 13.1. The van der Waals surface area contributed by atoms with Crippen molar-refractivity contribution < 1.29 is 9.90 Å². The maximum absolute atomic E-state index is 11.6. The number of hydrogen-bond acceptors (Lipinski definition) is 3. The van der Waals surface area contributed by atoms with Gasteiger partial charge in [0.05, 0.1) is 18.6 Å². The Morgan fingerprint density at radius 1 is 1.44 bits per heavy atom. The number of H-pyrrole nitrogens is 1. The van der Waals surface area contributed by atoms with E-state index in [0.29, 0.717) is 16.3 Å². The van der Waals surface area contributed by atoms with Crippen molar-refractivity contribution in [2.75, 3.05) is 6.54 Å². The number of imidazole rings is 1. The lowest BCUT2D eigenvalue weighted by molar-refractivity contribution is 0.0912. The Hall–Kier alpha value is -1.85. The zero-order valence-corrected chi connectivity index (χ0v) is 10.2. The van der Waals surface area contributed by atoms with Crippen molar-refractivity contribution >= 4 is 17.5 Å². The number of benzene rings is 1. The molecule has 3 N–H and O–H groups in total. The second-order valence-electron chi connectivity index (χ2n) is 3.74. The molecule has 6 heteroatoms. The quantitative estimate of drug-likeness (QED) is 0.784. The van der Waals surface area contributed by atoms with Crippen molar-refractivity contribution in [1.29, 1.82) is 0 Å². The van der Waals surface area contributed by atoms with E-state index < -0.39 is 6.10 Å². The summed E-state index contributed by atoms with van der Waals surface area (Å²) in [7, 11) is 0. The summed E-state index contributed by atoms with van der Waals surface area (Å²) in [4.78, 5) is 18.0. The highest BCUT2D eigenvalue weighted by Crippen LogP contribution is 2.15. The molecule has 0 radical (unpaired) electrons. The van der Waals surface area contributed by atoms with Crippen molar-refractivity contribution in [1.82, 2.24) is 15.3 Å². The first-order valence-corrected chi connectivity index (χ1v) is 5.74. The Labute approximate surface area is 109 Å². The van der Waals surface area contributed by atoms with Crippen LogP contribution in [-0.2, 0) is 0 Å². The molecule has 0 saturated carbocycles. The predicted molar refractivity (Wildman–Crippen MR) is 67.3 cm³/mol. The number of aliphatic hydroxyl groups is 1. The topological polar surface area (TPSA) is 78.0 Å². The fourth-order valence-corrected chi connectivity index (χ4v) is 1.59. The van der Waals surface area contributed by atoms with Crippen LogP contribution in [0.3, 0.4) is 0 Å². The van der Waals surface area contributed by atoms with Gasteiger partial charge in [-0.05, 0) is 17.7 Å². The largest absolute Gasteiger partial charge is 0.387 e. The van der Waals surface area contributed by atoms with Crippen LogP contribution in [0.1, 0.15) is 22.2 Å². The number of aromatic nitrogens is 2. The Bertz CT molecular complexity index is 511. The molecule has 0 aliphatic heterocycles. The summed E-state index contributed by atoms with van der Waals surface area (Å²) in [5.74, 6) is -0.305. The second-order valence-corrected chi connectivity index (χ2v) is 4.18. The van der Waals surface area contributed by atoms with Gasteiger partial charge < -0.3 is 15.4 Å². The van der Waals surface area contributed by atoms with Gasteiger partial charge in [0, 0.05) is 11.6 Å². The van der Waals surface area contributed by atoms with Gasteiger partial charge in [-0.3, -0.25) is 4.79 Å². The van der Waals surface area contributed by atoms with E-state index in [0.717, 1.165) is 0 Å². The van der Waals surface area contributed by atoms with E-state index in [1.54, 1.807) is 24.3 Å².